The zero-order valence-electron chi connectivity index (χ0n) is 16.2. The van der Waals surface area contributed by atoms with E-state index in [4.69, 9.17) is 11.1 Å². The molecule has 2 atom stereocenters. The molecule has 4 N–H and O–H groups in total. The van der Waals surface area contributed by atoms with Crippen LogP contribution in [0.1, 0.15) is 35.7 Å². The molecular formula is C19H24F2N6O2. The first kappa shape index (κ1) is 20.7. The van der Waals surface area contributed by atoms with Gasteiger partial charge in [0.25, 0.3) is 5.91 Å². The second kappa shape index (κ2) is 8.56. The molecule has 156 valence electrons. The van der Waals surface area contributed by atoms with E-state index in [1.807, 2.05) is 14.1 Å². The summed E-state index contributed by atoms with van der Waals surface area (Å²) in [4.78, 5) is 14.0. The molecule has 0 aliphatic heterocycles. The number of alkyl halides is 2. The van der Waals surface area contributed by atoms with Crippen molar-refractivity contribution >= 4 is 23.1 Å². The van der Waals surface area contributed by atoms with Crippen LogP contribution in [0.4, 0.5) is 20.3 Å². The molecule has 1 aliphatic rings. The molecule has 1 saturated carbocycles. The molecule has 2 aromatic rings. The molecule has 3 rings (SSSR count). The average molecular weight is 406 g/mol. The Labute approximate surface area is 167 Å². The highest BCUT2D eigenvalue weighted by atomic mass is 19.3. The quantitative estimate of drug-likeness (QED) is 0.655. The van der Waals surface area contributed by atoms with Crippen LogP contribution in [0.2, 0.25) is 0 Å². The van der Waals surface area contributed by atoms with Crippen molar-refractivity contribution in [1.82, 2.24) is 14.7 Å². The highest BCUT2D eigenvalue weighted by Crippen LogP contribution is 2.30. The fraction of sp³-hybridized carbons (Fsp3) is 0.421. The molecule has 1 amide bonds. The second-order valence-electron chi connectivity index (χ2n) is 7.20. The lowest BCUT2D eigenvalue weighted by Crippen LogP contribution is -2.38. The number of anilines is 2. The summed E-state index contributed by atoms with van der Waals surface area (Å²) in [5.41, 5.74) is 6.77. The Balaban J connectivity index is 1.79. The number of carbonyl (C=O) groups is 1. The van der Waals surface area contributed by atoms with Crippen LogP contribution < -0.4 is 15.8 Å². The summed E-state index contributed by atoms with van der Waals surface area (Å²) < 4.78 is 30.5. The van der Waals surface area contributed by atoms with E-state index in [2.05, 4.69) is 20.1 Å². The van der Waals surface area contributed by atoms with Crippen LogP contribution in [-0.2, 0) is 0 Å². The molecule has 0 unspecified atom stereocenters. The van der Waals surface area contributed by atoms with Gasteiger partial charge in [-0.1, -0.05) is 0 Å². The van der Waals surface area contributed by atoms with Crippen molar-refractivity contribution in [1.29, 1.82) is 5.41 Å². The lowest BCUT2D eigenvalue weighted by molar-refractivity contribution is -0.0498. The number of benzene rings is 1. The average Bonchev–Trinajstić information content (AvgIpc) is 3.06. The highest BCUT2D eigenvalue weighted by Gasteiger charge is 2.30. The van der Waals surface area contributed by atoms with Crippen molar-refractivity contribution in [3.8, 4) is 5.75 Å². The van der Waals surface area contributed by atoms with Crippen molar-refractivity contribution in [2.75, 3.05) is 19.4 Å². The molecule has 0 saturated heterocycles. The standard InChI is InChI=1S/C19H24F2N6O2/c1-26(2)12-5-8-16(15(22)9-12)27-10-14(17(23)28)18(25-27)24-11-3-6-13(7-4-11)29-19(20)21/h3-4,6-7,10,12,16,19,22H,5,8-9H2,1-2H3,(H2,23,28)(H,24,25)/t12-,16+/m1/s1. The van der Waals surface area contributed by atoms with Crippen LogP contribution in [0.3, 0.4) is 0 Å². The van der Waals surface area contributed by atoms with Gasteiger partial charge in [-0.3, -0.25) is 9.48 Å². The fourth-order valence-electron chi connectivity index (χ4n) is 3.43. The van der Waals surface area contributed by atoms with Crippen molar-refractivity contribution in [3.63, 3.8) is 0 Å². The third-order valence-electron chi connectivity index (χ3n) is 5.02. The Morgan fingerprint density at radius 1 is 1.34 bits per heavy atom. The maximum Gasteiger partial charge on any atom is 0.387 e. The van der Waals surface area contributed by atoms with Gasteiger partial charge in [-0.2, -0.15) is 13.9 Å². The molecule has 0 spiro atoms. The summed E-state index contributed by atoms with van der Waals surface area (Å²) in [6.07, 6.45) is 3.84. The number of nitrogens with zero attached hydrogens (tertiary/aromatic N) is 3. The van der Waals surface area contributed by atoms with E-state index in [1.165, 1.54) is 24.3 Å². The third kappa shape index (κ3) is 4.89. The van der Waals surface area contributed by atoms with E-state index in [-0.39, 0.29) is 23.2 Å². The SMILES string of the molecule is CN(C)[C@@H]1CC[C@H](n2cc(C(N)=O)c(Nc3ccc(OC(F)F)cc3)n2)C(=N)C1. The van der Waals surface area contributed by atoms with Crippen LogP contribution in [0.25, 0.3) is 0 Å². The predicted octanol–water partition coefficient (Wildman–Crippen LogP) is 3.00. The first-order valence-electron chi connectivity index (χ1n) is 9.19. The number of halogens is 2. The summed E-state index contributed by atoms with van der Waals surface area (Å²) >= 11 is 0. The molecule has 1 heterocycles. The largest absolute Gasteiger partial charge is 0.435 e. The number of carbonyl (C=O) groups excluding carboxylic acids is 1. The van der Waals surface area contributed by atoms with Crippen molar-refractivity contribution < 1.29 is 18.3 Å². The van der Waals surface area contributed by atoms with Crippen LogP contribution >= 0.6 is 0 Å². The van der Waals surface area contributed by atoms with Gasteiger partial charge in [-0.05, 0) is 51.2 Å². The molecule has 1 aromatic heterocycles. The lowest BCUT2D eigenvalue weighted by atomic mass is 9.89. The number of hydrogen-bond acceptors (Lipinski definition) is 6. The summed E-state index contributed by atoms with van der Waals surface area (Å²) in [6.45, 7) is -2.90. The van der Waals surface area contributed by atoms with Gasteiger partial charge in [-0.25, -0.2) is 0 Å². The number of hydrogen-bond donors (Lipinski definition) is 3. The van der Waals surface area contributed by atoms with Crippen LogP contribution in [0, 0.1) is 5.41 Å². The minimum atomic E-state index is -2.90. The summed E-state index contributed by atoms with van der Waals surface area (Å²) in [6, 6.07) is 5.91. The number of nitrogens with two attached hydrogens (primary N) is 1. The van der Waals surface area contributed by atoms with E-state index in [0.717, 1.165) is 12.8 Å². The van der Waals surface area contributed by atoms with E-state index in [1.54, 1.807) is 10.9 Å². The number of primary amides is 1. The Kier molecular flexibility index (Phi) is 6.12. The lowest BCUT2D eigenvalue weighted by Gasteiger charge is -2.33. The van der Waals surface area contributed by atoms with E-state index in [0.29, 0.717) is 23.9 Å². The zero-order chi connectivity index (χ0) is 21.1. The van der Waals surface area contributed by atoms with Gasteiger partial charge in [0.2, 0.25) is 0 Å². The van der Waals surface area contributed by atoms with Gasteiger partial charge >= 0.3 is 6.61 Å². The zero-order valence-corrected chi connectivity index (χ0v) is 16.2. The number of aromatic nitrogens is 2. The Morgan fingerprint density at radius 3 is 2.59 bits per heavy atom. The van der Waals surface area contributed by atoms with E-state index >= 15 is 0 Å². The molecule has 10 heteroatoms. The monoisotopic (exact) mass is 406 g/mol. The minimum Gasteiger partial charge on any atom is -0.435 e. The van der Waals surface area contributed by atoms with Crippen molar-refractivity contribution in [2.24, 2.45) is 5.73 Å². The normalized spacial score (nSPS) is 19.6. The molecular weight excluding hydrogens is 382 g/mol. The topological polar surface area (TPSA) is 109 Å². The summed E-state index contributed by atoms with van der Waals surface area (Å²) in [5, 5.41) is 15.8. The number of nitrogens with one attached hydrogen (secondary N) is 2. The van der Waals surface area contributed by atoms with Crippen LogP contribution in [0.15, 0.2) is 30.5 Å². The van der Waals surface area contributed by atoms with Gasteiger partial charge in [0.1, 0.15) is 11.3 Å². The Bertz CT molecular complexity index is 881. The van der Waals surface area contributed by atoms with Crippen molar-refractivity contribution in [2.45, 2.75) is 38.0 Å². The van der Waals surface area contributed by atoms with Gasteiger partial charge in [0.05, 0.1) is 6.04 Å². The first-order chi connectivity index (χ1) is 13.7. The molecule has 1 fully saturated rings. The third-order valence-corrected chi connectivity index (χ3v) is 5.02. The van der Waals surface area contributed by atoms with Crippen LogP contribution in [0.5, 0.6) is 5.75 Å². The Morgan fingerprint density at radius 2 is 2.03 bits per heavy atom. The maximum absolute atomic E-state index is 12.3. The molecule has 0 radical (unpaired) electrons. The highest BCUT2D eigenvalue weighted by molar-refractivity contribution is 5.98. The molecule has 1 aliphatic carbocycles. The number of amides is 1. The number of rotatable bonds is 7. The van der Waals surface area contributed by atoms with Crippen LogP contribution in [-0.4, -0.2) is 53.0 Å². The molecule has 8 nitrogen and oxygen atoms in total. The fourth-order valence-corrected chi connectivity index (χ4v) is 3.43. The minimum absolute atomic E-state index is 0.0253. The van der Waals surface area contributed by atoms with E-state index < -0.39 is 12.5 Å². The smallest absolute Gasteiger partial charge is 0.387 e. The molecule has 0 bridgehead atoms. The molecule has 29 heavy (non-hydrogen) atoms. The van der Waals surface area contributed by atoms with E-state index in [9.17, 15) is 13.6 Å². The van der Waals surface area contributed by atoms with Gasteiger partial charge < -0.3 is 26.1 Å². The number of ether oxygens (including phenoxy) is 1. The maximum atomic E-state index is 12.3. The predicted molar refractivity (Wildman–Crippen MR) is 105 cm³/mol. The van der Waals surface area contributed by atoms with Gasteiger partial charge in [-0.15, -0.1) is 0 Å². The second-order valence-corrected chi connectivity index (χ2v) is 7.20. The summed E-state index contributed by atoms with van der Waals surface area (Å²) in [7, 11) is 3.99. The summed E-state index contributed by atoms with van der Waals surface area (Å²) in [5.74, 6) is -0.371. The molecule has 1 aromatic carbocycles. The Hall–Kier alpha value is -3.01. The van der Waals surface area contributed by atoms with Gasteiger partial charge in [0.15, 0.2) is 5.82 Å². The first-order valence-corrected chi connectivity index (χ1v) is 9.19. The van der Waals surface area contributed by atoms with Gasteiger partial charge in [0, 0.05) is 30.1 Å². The van der Waals surface area contributed by atoms with Crippen molar-refractivity contribution in [3.05, 3.63) is 36.0 Å².